The molecule has 0 saturated heterocycles. The van der Waals surface area contributed by atoms with Gasteiger partial charge in [0.25, 0.3) is 0 Å². The fourth-order valence-corrected chi connectivity index (χ4v) is 0.503. The minimum absolute atomic E-state index is 0.338. The van der Waals surface area contributed by atoms with Crippen molar-refractivity contribution in [3.63, 3.8) is 0 Å². The van der Waals surface area contributed by atoms with E-state index < -0.39 is 0 Å². The van der Waals surface area contributed by atoms with Crippen LogP contribution in [0.15, 0.2) is 0 Å². The molecule has 0 spiro atoms. The molecule has 0 nitrogen and oxygen atoms in total. The van der Waals surface area contributed by atoms with Gasteiger partial charge in [-0.1, -0.05) is 20.3 Å². The standard InChI is InChI=1S/C6H13Cl/c1-4-5(2)6(3)7/h5-6H,4H2,1-3H3/t5?,6-/m0/s1. The van der Waals surface area contributed by atoms with Crippen molar-refractivity contribution in [3.05, 3.63) is 0 Å². The maximum absolute atomic E-state index is 5.73. The molecule has 44 valence electrons. The Bertz CT molecular complexity index is 41.4. The third-order valence-corrected chi connectivity index (χ3v) is 1.86. The Labute approximate surface area is 50.9 Å². The summed E-state index contributed by atoms with van der Waals surface area (Å²) in [6, 6.07) is 0. The van der Waals surface area contributed by atoms with E-state index in [1.165, 1.54) is 6.42 Å². The molecule has 0 aromatic rings. The molecular formula is C6H13Cl. The van der Waals surface area contributed by atoms with Crippen molar-refractivity contribution >= 4 is 11.6 Å². The highest BCUT2D eigenvalue weighted by Gasteiger charge is 2.03. The van der Waals surface area contributed by atoms with E-state index in [1.54, 1.807) is 0 Å². The minimum atomic E-state index is 0.338. The van der Waals surface area contributed by atoms with E-state index in [9.17, 15) is 0 Å². The Kier molecular flexibility index (Phi) is 3.45. The zero-order valence-electron chi connectivity index (χ0n) is 5.24. The molecule has 0 amide bonds. The molecule has 0 aromatic carbocycles. The molecule has 7 heavy (non-hydrogen) atoms. The zero-order valence-corrected chi connectivity index (χ0v) is 6.00. The Morgan fingerprint density at radius 3 is 1.86 bits per heavy atom. The number of hydrogen-bond acceptors (Lipinski definition) is 0. The molecule has 2 atom stereocenters. The average Bonchev–Trinajstić information content (AvgIpc) is 1.65. The van der Waals surface area contributed by atoms with E-state index in [1.807, 2.05) is 6.92 Å². The van der Waals surface area contributed by atoms with Gasteiger partial charge in [0.1, 0.15) is 0 Å². The van der Waals surface area contributed by atoms with Crippen LogP contribution in [0.3, 0.4) is 0 Å². The van der Waals surface area contributed by atoms with Crippen molar-refractivity contribution in [1.29, 1.82) is 0 Å². The lowest BCUT2D eigenvalue weighted by Crippen LogP contribution is -2.03. The highest BCUT2D eigenvalue weighted by Crippen LogP contribution is 2.11. The molecule has 0 N–H and O–H groups in total. The fourth-order valence-electron chi connectivity index (χ4n) is 0.325. The molecule has 0 aliphatic carbocycles. The quantitative estimate of drug-likeness (QED) is 0.492. The molecule has 0 aromatic heterocycles. The summed E-state index contributed by atoms with van der Waals surface area (Å²) in [5.41, 5.74) is 0. The monoisotopic (exact) mass is 120 g/mol. The van der Waals surface area contributed by atoms with Gasteiger partial charge in [-0.15, -0.1) is 11.6 Å². The summed E-state index contributed by atoms with van der Waals surface area (Å²) in [5.74, 6) is 0.668. The Hall–Kier alpha value is 0.290. The van der Waals surface area contributed by atoms with E-state index in [2.05, 4.69) is 13.8 Å². The molecule has 1 unspecified atom stereocenters. The van der Waals surface area contributed by atoms with E-state index in [-0.39, 0.29) is 0 Å². The Morgan fingerprint density at radius 2 is 1.86 bits per heavy atom. The molecule has 0 saturated carbocycles. The van der Waals surface area contributed by atoms with Crippen LogP contribution in [0.25, 0.3) is 0 Å². The predicted molar refractivity (Wildman–Crippen MR) is 34.8 cm³/mol. The lowest BCUT2D eigenvalue weighted by molar-refractivity contribution is 0.552. The maximum Gasteiger partial charge on any atom is 0.0333 e. The molecule has 0 bridgehead atoms. The van der Waals surface area contributed by atoms with Gasteiger partial charge in [-0.25, -0.2) is 0 Å². The smallest absolute Gasteiger partial charge is 0.0333 e. The van der Waals surface area contributed by atoms with Crippen LogP contribution < -0.4 is 0 Å². The molecule has 0 radical (unpaired) electrons. The lowest BCUT2D eigenvalue weighted by Gasteiger charge is -2.08. The van der Waals surface area contributed by atoms with Gasteiger partial charge in [0.05, 0.1) is 0 Å². The second kappa shape index (κ2) is 3.31. The van der Waals surface area contributed by atoms with Crippen LogP contribution in [0, 0.1) is 5.92 Å². The van der Waals surface area contributed by atoms with Gasteiger partial charge in [-0.2, -0.15) is 0 Å². The highest BCUT2D eigenvalue weighted by atomic mass is 35.5. The normalized spacial score (nSPS) is 18.9. The SMILES string of the molecule is CCC(C)[C@H](C)Cl. The lowest BCUT2D eigenvalue weighted by atomic mass is 10.1. The third kappa shape index (κ3) is 2.93. The van der Waals surface area contributed by atoms with E-state index in [4.69, 9.17) is 11.6 Å². The summed E-state index contributed by atoms with van der Waals surface area (Å²) in [5, 5.41) is 0.338. The van der Waals surface area contributed by atoms with Gasteiger partial charge in [-0.05, 0) is 12.8 Å². The third-order valence-electron chi connectivity index (χ3n) is 1.43. The van der Waals surface area contributed by atoms with Gasteiger partial charge in [-0.3, -0.25) is 0 Å². The van der Waals surface area contributed by atoms with Crippen molar-refractivity contribution in [1.82, 2.24) is 0 Å². The van der Waals surface area contributed by atoms with Gasteiger partial charge >= 0.3 is 0 Å². The molecule has 0 aliphatic heterocycles. The topological polar surface area (TPSA) is 0 Å². The average molecular weight is 121 g/mol. The van der Waals surface area contributed by atoms with Gasteiger partial charge in [0.15, 0.2) is 0 Å². The molecule has 0 aliphatic rings. The predicted octanol–water partition coefficient (Wildman–Crippen LogP) is 2.66. The van der Waals surface area contributed by atoms with Crippen LogP contribution in [0.1, 0.15) is 27.2 Å². The van der Waals surface area contributed by atoms with E-state index in [0.717, 1.165) is 0 Å². The van der Waals surface area contributed by atoms with Crippen LogP contribution in [-0.4, -0.2) is 5.38 Å². The second-order valence-corrected chi connectivity index (χ2v) is 2.75. The van der Waals surface area contributed by atoms with E-state index >= 15 is 0 Å². The first-order valence-electron chi connectivity index (χ1n) is 2.82. The Morgan fingerprint density at radius 1 is 1.43 bits per heavy atom. The fraction of sp³-hybridized carbons (Fsp3) is 1.00. The van der Waals surface area contributed by atoms with E-state index in [0.29, 0.717) is 11.3 Å². The molecule has 0 fully saturated rings. The molecular weight excluding hydrogens is 108 g/mol. The van der Waals surface area contributed by atoms with Crippen molar-refractivity contribution < 1.29 is 0 Å². The summed E-state index contributed by atoms with van der Waals surface area (Å²) >= 11 is 5.73. The summed E-state index contributed by atoms with van der Waals surface area (Å²) in [4.78, 5) is 0. The van der Waals surface area contributed by atoms with Crippen LogP contribution >= 0.6 is 11.6 Å². The first kappa shape index (κ1) is 7.29. The number of alkyl halides is 1. The number of hydrogen-bond donors (Lipinski definition) is 0. The van der Waals surface area contributed by atoms with Crippen LogP contribution in [0.5, 0.6) is 0 Å². The number of rotatable bonds is 2. The molecule has 1 heteroatoms. The summed E-state index contributed by atoms with van der Waals surface area (Å²) in [7, 11) is 0. The van der Waals surface area contributed by atoms with Crippen LogP contribution in [0.4, 0.5) is 0 Å². The first-order valence-corrected chi connectivity index (χ1v) is 3.26. The highest BCUT2D eigenvalue weighted by molar-refractivity contribution is 6.20. The summed E-state index contributed by atoms with van der Waals surface area (Å²) in [6.07, 6.45) is 1.19. The number of halogens is 1. The van der Waals surface area contributed by atoms with Gasteiger partial charge in [0.2, 0.25) is 0 Å². The maximum atomic E-state index is 5.73. The second-order valence-electron chi connectivity index (χ2n) is 2.06. The first-order chi connectivity index (χ1) is 3.18. The molecule has 0 heterocycles. The van der Waals surface area contributed by atoms with Crippen molar-refractivity contribution in [2.75, 3.05) is 0 Å². The van der Waals surface area contributed by atoms with Crippen molar-refractivity contribution in [3.8, 4) is 0 Å². The Balaban J connectivity index is 3.14. The van der Waals surface area contributed by atoms with Crippen molar-refractivity contribution in [2.45, 2.75) is 32.6 Å². The van der Waals surface area contributed by atoms with Crippen molar-refractivity contribution in [2.24, 2.45) is 5.92 Å². The summed E-state index contributed by atoms with van der Waals surface area (Å²) < 4.78 is 0. The largest absolute Gasteiger partial charge is 0.123 e. The van der Waals surface area contributed by atoms with Crippen LogP contribution in [-0.2, 0) is 0 Å². The summed E-state index contributed by atoms with van der Waals surface area (Å²) in [6.45, 7) is 6.36. The van der Waals surface area contributed by atoms with Gasteiger partial charge in [0, 0.05) is 5.38 Å². The van der Waals surface area contributed by atoms with Crippen LogP contribution in [0.2, 0.25) is 0 Å². The minimum Gasteiger partial charge on any atom is -0.123 e. The zero-order chi connectivity index (χ0) is 5.86. The van der Waals surface area contributed by atoms with Gasteiger partial charge < -0.3 is 0 Å². The molecule has 0 rings (SSSR count).